The number of nitrogens with zero attached hydrogens (tertiary/aromatic N) is 1. The lowest BCUT2D eigenvalue weighted by molar-refractivity contribution is -0.645. The monoisotopic (exact) mass is 628 g/mol. The van der Waals surface area contributed by atoms with Gasteiger partial charge in [-0.25, -0.2) is 0 Å². The van der Waals surface area contributed by atoms with Crippen LogP contribution < -0.4 is 10.0 Å². The molecule has 10 heteroatoms. The highest BCUT2D eigenvalue weighted by atomic mass is 32.2. The molecule has 0 aliphatic carbocycles. The zero-order chi connectivity index (χ0) is 31.6. The van der Waals surface area contributed by atoms with Crippen LogP contribution in [0.3, 0.4) is 0 Å². The van der Waals surface area contributed by atoms with Gasteiger partial charge in [-0.3, -0.25) is 9.59 Å². The van der Waals surface area contributed by atoms with E-state index in [1.54, 1.807) is 12.1 Å². The molecule has 3 unspecified atom stereocenters. The summed E-state index contributed by atoms with van der Waals surface area (Å²) in [7, 11) is 0. The molecule has 4 aromatic rings. The van der Waals surface area contributed by atoms with Crippen LogP contribution >= 0.6 is 11.8 Å². The van der Waals surface area contributed by atoms with Crippen LogP contribution in [0.4, 0.5) is 0 Å². The second kappa shape index (κ2) is 15.7. The second-order valence-corrected chi connectivity index (χ2v) is 11.9. The molecule has 0 bridgehead atoms. The maximum atomic E-state index is 12.2. The lowest BCUT2D eigenvalue weighted by Crippen LogP contribution is -2.32. The van der Waals surface area contributed by atoms with Crippen molar-refractivity contribution in [2.24, 2.45) is 0 Å². The van der Waals surface area contributed by atoms with Crippen LogP contribution in [-0.4, -0.2) is 33.9 Å². The molecule has 1 aliphatic heterocycles. The number of pyridine rings is 1. The quantitative estimate of drug-likeness (QED) is 0.0978. The van der Waals surface area contributed by atoms with Crippen molar-refractivity contribution in [2.45, 2.75) is 62.4 Å². The molecule has 2 heterocycles. The third-order valence-corrected chi connectivity index (χ3v) is 8.67. The number of amides is 1. The molecule has 0 radical (unpaired) electrons. The zero-order valence-corrected chi connectivity index (χ0v) is 25.5. The number of aliphatic hydroxyl groups is 1. The van der Waals surface area contributed by atoms with E-state index in [-0.39, 0.29) is 37.6 Å². The Morgan fingerprint density at radius 1 is 0.889 bits per heavy atom. The smallest absolute Gasteiger partial charge is 0.303 e. The summed E-state index contributed by atoms with van der Waals surface area (Å²) < 4.78 is 13.9. The highest BCUT2D eigenvalue weighted by Gasteiger charge is 2.33. The summed E-state index contributed by atoms with van der Waals surface area (Å²) in [6.45, 7) is 0.311. The van der Waals surface area contributed by atoms with Gasteiger partial charge in [0.1, 0.15) is 0 Å². The molecule has 234 valence electrons. The van der Waals surface area contributed by atoms with Crippen molar-refractivity contribution in [3.8, 4) is 11.1 Å². The number of hydrogen-bond acceptors (Lipinski definition) is 7. The number of hydrogen-bond donors (Lipinski definition) is 3. The summed E-state index contributed by atoms with van der Waals surface area (Å²) in [5.74, 6) is -0.519. The molecule has 3 N–H and O–H groups in total. The molecule has 45 heavy (non-hydrogen) atoms. The van der Waals surface area contributed by atoms with Crippen LogP contribution in [0.2, 0.25) is 0 Å². The van der Waals surface area contributed by atoms with Crippen LogP contribution in [0.15, 0.2) is 102 Å². The third-order valence-electron chi connectivity index (χ3n) is 7.52. The Labute approximate surface area is 266 Å². The van der Waals surface area contributed by atoms with Crippen molar-refractivity contribution in [2.75, 3.05) is 5.75 Å². The molecule has 9 nitrogen and oxygen atoms in total. The van der Waals surface area contributed by atoms with Gasteiger partial charge in [-0.2, -0.15) is 4.73 Å². The predicted octanol–water partition coefficient (Wildman–Crippen LogP) is 5.69. The van der Waals surface area contributed by atoms with Crippen molar-refractivity contribution in [3.05, 3.63) is 125 Å². The number of aliphatic hydroxyl groups excluding tert-OH is 1. The SMILES string of the molecule is O=C(O)CCCC(=O)NCc1cccc(-c2cccc(C3OC(CSc4cccc[n+]4[O-])CC(c4ccc(CO)cc4)O3)c2)c1. The van der Waals surface area contributed by atoms with E-state index in [2.05, 4.69) is 5.32 Å². The van der Waals surface area contributed by atoms with E-state index in [1.807, 2.05) is 78.9 Å². The average molecular weight is 629 g/mol. The number of carbonyl (C=O) groups is 2. The average Bonchev–Trinajstić information content (AvgIpc) is 3.07. The van der Waals surface area contributed by atoms with Gasteiger partial charge in [0.2, 0.25) is 5.91 Å². The molecule has 3 aromatic carbocycles. The summed E-state index contributed by atoms with van der Waals surface area (Å²) in [5.41, 5.74) is 5.53. The van der Waals surface area contributed by atoms with E-state index >= 15 is 0 Å². The summed E-state index contributed by atoms with van der Waals surface area (Å²) in [5, 5.41) is 34.0. The van der Waals surface area contributed by atoms with Gasteiger partial charge in [0.25, 0.3) is 5.03 Å². The van der Waals surface area contributed by atoms with Gasteiger partial charge in [-0.1, -0.05) is 72.4 Å². The zero-order valence-electron chi connectivity index (χ0n) is 24.7. The number of thioether (sulfide) groups is 1. The van der Waals surface area contributed by atoms with E-state index < -0.39 is 12.3 Å². The normalized spacial score (nSPS) is 17.9. The fraction of sp³-hybridized carbons (Fsp3) is 0.286. The first-order chi connectivity index (χ1) is 21.9. The molecule has 5 rings (SSSR count). The highest BCUT2D eigenvalue weighted by molar-refractivity contribution is 7.99. The lowest BCUT2D eigenvalue weighted by Gasteiger charge is -2.36. The minimum atomic E-state index is -0.910. The van der Waals surface area contributed by atoms with Gasteiger partial charge in [0.05, 0.1) is 18.8 Å². The van der Waals surface area contributed by atoms with Crippen LogP contribution in [0, 0.1) is 5.21 Å². The van der Waals surface area contributed by atoms with Crippen molar-refractivity contribution < 1.29 is 34.0 Å². The molecule has 1 aromatic heterocycles. The Morgan fingerprint density at radius 2 is 1.67 bits per heavy atom. The van der Waals surface area contributed by atoms with E-state index in [4.69, 9.17) is 14.6 Å². The lowest BCUT2D eigenvalue weighted by atomic mass is 9.99. The van der Waals surface area contributed by atoms with Crippen LogP contribution in [0.1, 0.15) is 60.3 Å². The van der Waals surface area contributed by atoms with Crippen LogP contribution in [0.5, 0.6) is 0 Å². The number of aliphatic carboxylic acids is 1. The number of carbonyl (C=O) groups excluding carboxylic acids is 1. The third kappa shape index (κ3) is 9.15. The first kappa shape index (κ1) is 32.2. The minimum Gasteiger partial charge on any atom is -0.618 e. The molecular formula is C35H36N2O7S. The van der Waals surface area contributed by atoms with Crippen molar-refractivity contribution in [1.29, 1.82) is 0 Å². The Hall–Kier alpha value is -4.22. The molecule has 3 atom stereocenters. The number of carboxylic acids is 1. The van der Waals surface area contributed by atoms with Crippen molar-refractivity contribution in [3.63, 3.8) is 0 Å². The fourth-order valence-corrected chi connectivity index (χ4v) is 6.07. The number of rotatable bonds is 13. The molecular weight excluding hydrogens is 592 g/mol. The minimum absolute atomic E-state index is 0.0306. The van der Waals surface area contributed by atoms with E-state index in [1.165, 1.54) is 18.0 Å². The Morgan fingerprint density at radius 3 is 2.42 bits per heavy atom. The number of ether oxygens (including phenoxy) is 2. The summed E-state index contributed by atoms with van der Waals surface area (Å²) >= 11 is 1.45. The van der Waals surface area contributed by atoms with Gasteiger partial charge in [0.15, 0.2) is 12.5 Å². The predicted molar refractivity (Wildman–Crippen MR) is 170 cm³/mol. The topological polar surface area (TPSA) is 132 Å². The second-order valence-electron chi connectivity index (χ2n) is 10.9. The maximum Gasteiger partial charge on any atom is 0.303 e. The maximum absolute atomic E-state index is 12.2. The summed E-state index contributed by atoms with van der Waals surface area (Å²) in [6.07, 6.45) is 1.45. The van der Waals surface area contributed by atoms with Gasteiger partial charge < -0.3 is 30.2 Å². The first-order valence-electron chi connectivity index (χ1n) is 14.9. The molecule has 0 spiro atoms. The van der Waals surface area contributed by atoms with Gasteiger partial charge >= 0.3 is 5.97 Å². The first-order valence-corrected chi connectivity index (χ1v) is 15.9. The Kier molecular flexibility index (Phi) is 11.2. The van der Waals surface area contributed by atoms with E-state index in [0.29, 0.717) is 30.2 Å². The Bertz CT molecular complexity index is 1600. The molecule has 1 fully saturated rings. The highest BCUT2D eigenvalue weighted by Crippen LogP contribution is 2.40. The number of benzene rings is 3. The van der Waals surface area contributed by atoms with E-state index in [0.717, 1.165) is 38.1 Å². The molecule has 1 amide bonds. The standard InChI is InChI=1S/C35H36N2O7S/c38-22-24-13-15-26(16-14-24)31-20-30(23-45-33-11-1-2-17-37(33)42)43-35(44-31)29-9-4-8-28(19-29)27-7-3-6-25(18-27)21-36-32(39)10-5-12-34(40)41/h1-4,6-9,11,13-19,30-31,35,38H,5,10,12,20-23H2,(H,36,39)(H,40,41). The number of nitrogens with one attached hydrogen (secondary N) is 1. The van der Waals surface area contributed by atoms with Crippen LogP contribution in [-0.2, 0) is 32.2 Å². The number of carboxylic acid groups (broad SMARTS) is 1. The summed E-state index contributed by atoms with van der Waals surface area (Å²) in [4.78, 5) is 22.8. The van der Waals surface area contributed by atoms with Crippen molar-refractivity contribution in [1.82, 2.24) is 5.32 Å². The molecule has 1 saturated heterocycles. The van der Waals surface area contributed by atoms with Crippen LogP contribution in [0.25, 0.3) is 11.1 Å². The van der Waals surface area contributed by atoms with E-state index in [9.17, 15) is 19.9 Å². The van der Waals surface area contributed by atoms with Gasteiger partial charge in [0, 0.05) is 49.3 Å². The molecule has 0 saturated carbocycles. The van der Waals surface area contributed by atoms with Crippen molar-refractivity contribution >= 4 is 23.6 Å². The summed E-state index contributed by atoms with van der Waals surface area (Å²) in [6, 6.07) is 28.9. The van der Waals surface area contributed by atoms with Gasteiger partial charge in [-0.05, 0) is 52.4 Å². The van der Waals surface area contributed by atoms with Gasteiger partial charge in [-0.15, -0.1) is 0 Å². The fourth-order valence-electron chi connectivity index (χ4n) is 5.14. The Balaban J connectivity index is 1.31. The number of aromatic nitrogens is 1. The largest absolute Gasteiger partial charge is 0.618 e. The molecule has 1 aliphatic rings.